The molecule has 0 aliphatic heterocycles. The molecule has 0 N–H and O–H groups in total. The average molecular weight is 179 g/mol. The summed E-state index contributed by atoms with van der Waals surface area (Å²) in [4.78, 5) is 2.31. The monoisotopic (exact) mass is 179 g/mol. The van der Waals surface area contributed by atoms with Gasteiger partial charge in [0, 0.05) is 0 Å². The van der Waals surface area contributed by atoms with E-state index in [1.165, 1.54) is 32.2 Å². The lowest BCUT2D eigenvalue weighted by Gasteiger charge is -2.21. The van der Waals surface area contributed by atoms with E-state index in [4.69, 9.17) is 0 Å². The maximum atomic E-state index is 2.39. The summed E-state index contributed by atoms with van der Waals surface area (Å²) in [5.74, 6) is 1.87. The Morgan fingerprint density at radius 1 is 1.23 bits per heavy atom. The van der Waals surface area contributed by atoms with Gasteiger partial charge in [-0.25, -0.2) is 0 Å². The number of hydrogen-bond donors (Lipinski definition) is 0. The molecule has 0 saturated carbocycles. The Morgan fingerprint density at radius 2 is 2.00 bits per heavy atom. The smallest absolute Gasteiger partial charge is 0.00191 e. The predicted molar refractivity (Wildman–Crippen MR) is 56.7 cm³/mol. The molecule has 0 fully saturated rings. The van der Waals surface area contributed by atoms with Crippen LogP contribution < -0.4 is 0 Å². The van der Waals surface area contributed by atoms with Gasteiger partial charge in [0.05, 0.1) is 0 Å². The second-order valence-electron chi connectivity index (χ2n) is 4.99. The number of nitrogens with zero attached hydrogens (tertiary/aromatic N) is 1. The fourth-order valence-electron chi connectivity index (χ4n) is 2.59. The molecule has 2 aliphatic rings. The zero-order chi connectivity index (χ0) is 9.42. The van der Waals surface area contributed by atoms with Crippen molar-refractivity contribution >= 4 is 0 Å². The van der Waals surface area contributed by atoms with Crippen LogP contribution in [0.25, 0.3) is 0 Å². The Kier molecular flexibility index (Phi) is 2.46. The summed E-state index contributed by atoms with van der Waals surface area (Å²) < 4.78 is 0. The van der Waals surface area contributed by atoms with Crippen molar-refractivity contribution in [1.29, 1.82) is 0 Å². The summed E-state index contributed by atoms with van der Waals surface area (Å²) in [5.41, 5.74) is 3.65. The molecule has 0 aromatic heterocycles. The second-order valence-corrected chi connectivity index (χ2v) is 4.99. The molecule has 13 heavy (non-hydrogen) atoms. The number of rotatable bonds is 3. The Bertz CT molecular complexity index is 227. The summed E-state index contributed by atoms with van der Waals surface area (Å²) >= 11 is 0. The summed E-state index contributed by atoms with van der Waals surface area (Å²) in [7, 11) is 4.35. The Hall–Kier alpha value is -0.300. The predicted octanol–water partition coefficient (Wildman–Crippen LogP) is 2.68. The first kappa shape index (κ1) is 9.26. The molecule has 0 bridgehead atoms. The molecule has 74 valence electrons. The Balaban J connectivity index is 1.85. The van der Waals surface area contributed by atoms with E-state index in [-0.39, 0.29) is 0 Å². The first-order valence-corrected chi connectivity index (χ1v) is 5.55. The molecule has 0 radical (unpaired) electrons. The highest BCUT2D eigenvalue weighted by atomic mass is 15.0. The third-order valence-corrected chi connectivity index (χ3v) is 3.63. The van der Waals surface area contributed by atoms with Gasteiger partial charge < -0.3 is 4.90 Å². The lowest BCUT2D eigenvalue weighted by molar-refractivity contribution is 0.350. The molecule has 2 aliphatic carbocycles. The fraction of sp³-hybridized carbons (Fsp3) is 0.833. The Labute approximate surface area is 81.8 Å². The molecule has 0 aromatic rings. The van der Waals surface area contributed by atoms with Crippen LogP contribution in [0.5, 0.6) is 0 Å². The topological polar surface area (TPSA) is 3.24 Å². The van der Waals surface area contributed by atoms with Gasteiger partial charge in [-0.1, -0.05) is 18.1 Å². The van der Waals surface area contributed by atoms with Gasteiger partial charge >= 0.3 is 0 Å². The van der Waals surface area contributed by atoms with Gasteiger partial charge in [-0.15, -0.1) is 0 Å². The van der Waals surface area contributed by atoms with E-state index in [2.05, 4.69) is 25.9 Å². The maximum Gasteiger partial charge on any atom is -0.00191 e. The molecule has 0 heterocycles. The third kappa shape index (κ3) is 1.96. The minimum atomic E-state index is 0.922. The number of allylic oxidation sites excluding steroid dienone is 2. The van der Waals surface area contributed by atoms with E-state index in [0.29, 0.717) is 0 Å². The van der Waals surface area contributed by atoms with E-state index in [1.54, 1.807) is 0 Å². The molecule has 2 unspecified atom stereocenters. The van der Waals surface area contributed by atoms with Crippen LogP contribution in [0, 0.1) is 11.8 Å². The molecular weight excluding hydrogens is 158 g/mol. The van der Waals surface area contributed by atoms with Crippen LogP contribution in [0.2, 0.25) is 0 Å². The van der Waals surface area contributed by atoms with E-state index in [9.17, 15) is 0 Å². The number of hydrogen-bond acceptors (Lipinski definition) is 1. The summed E-state index contributed by atoms with van der Waals surface area (Å²) in [6.07, 6.45) is 5.67. The summed E-state index contributed by atoms with van der Waals surface area (Å²) in [6.45, 7) is 3.65. The van der Waals surface area contributed by atoms with E-state index in [0.717, 1.165) is 11.8 Å². The minimum absolute atomic E-state index is 0.922. The largest absolute Gasteiger partial charge is 0.309 e. The quantitative estimate of drug-likeness (QED) is 0.602. The molecule has 1 heteroatoms. The van der Waals surface area contributed by atoms with Crippen molar-refractivity contribution in [2.75, 3.05) is 20.6 Å². The van der Waals surface area contributed by atoms with Gasteiger partial charge in [0.15, 0.2) is 0 Å². The maximum absolute atomic E-state index is 2.39. The van der Waals surface area contributed by atoms with Gasteiger partial charge in [-0.05, 0) is 58.2 Å². The van der Waals surface area contributed by atoms with Gasteiger partial charge in [0.2, 0.25) is 0 Å². The Morgan fingerprint density at radius 3 is 2.69 bits per heavy atom. The van der Waals surface area contributed by atoms with Crippen molar-refractivity contribution in [1.82, 2.24) is 4.90 Å². The molecule has 0 spiro atoms. The zero-order valence-corrected chi connectivity index (χ0v) is 9.14. The van der Waals surface area contributed by atoms with Crippen LogP contribution in [0.4, 0.5) is 0 Å². The van der Waals surface area contributed by atoms with Gasteiger partial charge in [0.25, 0.3) is 0 Å². The summed E-state index contributed by atoms with van der Waals surface area (Å²) in [5, 5.41) is 0. The second kappa shape index (κ2) is 3.45. The fourth-order valence-corrected chi connectivity index (χ4v) is 2.59. The first-order valence-electron chi connectivity index (χ1n) is 5.55. The van der Waals surface area contributed by atoms with E-state index < -0.39 is 0 Å². The van der Waals surface area contributed by atoms with Crippen molar-refractivity contribution in [3.63, 3.8) is 0 Å². The molecule has 0 saturated heterocycles. The highest BCUT2D eigenvalue weighted by Gasteiger charge is 2.35. The van der Waals surface area contributed by atoms with Crippen molar-refractivity contribution in [2.24, 2.45) is 11.8 Å². The van der Waals surface area contributed by atoms with Crippen molar-refractivity contribution in [3.8, 4) is 0 Å². The van der Waals surface area contributed by atoms with Crippen LogP contribution >= 0.6 is 0 Å². The molecule has 0 amide bonds. The lowest BCUT2D eigenvalue weighted by Crippen LogP contribution is -2.17. The molecular formula is C12H21N. The van der Waals surface area contributed by atoms with E-state index >= 15 is 0 Å². The van der Waals surface area contributed by atoms with Crippen LogP contribution in [-0.2, 0) is 0 Å². The normalized spacial score (nSPS) is 32.3. The standard InChI is InChI=1S/C12H21N/c1-9-4-5-10(6-7-13(2)3)12-8-11(9)12/h9-10H,4-8H2,1-3H3. The van der Waals surface area contributed by atoms with Crippen molar-refractivity contribution in [3.05, 3.63) is 11.1 Å². The van der Waals surface area contributed by atoms with Gasteiger partial charge in [-0.3, -0.25) is 0 Å². The van der Waals surface area contributed by atoms with Gasteiger partial charge in [0.1, 0.15) is 0 Å². The first-order chi connectivity index (χ1) is 6.18. The molecule has 0 aromatic carbocycles. The highest BCUT2D eigenvalue weighted by Crippen LogP contribution is 2.50. The van der Waals surface area contributed by atoms with Crippen LogP contribution in [-0.4, -0.2) is 25.5 Å². The molecule has 2 rings (SSSR count). The molecule has 1 nitrogen and oxygen atoms in total. The van der Waals surface area contributed by atoms with Crippen LogP contribution in [0.1, 0.15) is 32.6 Å². The van der Waals surface area contributed by atoms with Gasteiger partial charge in [-0.2, -0.15) is 0 Å². The lowest BCUT2D eigenvalue weighted by atomic mass is 9.88. The molecule has 2 atom stereocenters. The van der Waals surface area contributed by atoms with Crippen molar-refractivity contribution in [2.45, 2.75) is 32.6 Å². The average Bonchev–Trinajstić information content (AvgIpc) is 2.83. The van der Waals surface area contributed by atoms with E-state index in [1.807, 2.05) is 11.1 Å². The zero-order valence-electron chi connectivity index (χ0n) is 9.14. The van der Waals surface area contributed by atoms with Crippen LogP contribution in [0.3, 0.4) is 0 Å². The SMILES string of the molecule is CC1CCC(CCN(C)C)C2=C1C2. The van der Waals surface area contributed by atoms with Crippen LogP contribution in [0.15, 0.2) is 11.1 Å². The van der Waals surface area contributed by atoms with Crippen molar-refractivity contribution < 1.29 is 0 Å². The highest BCUT2D eigenvalue weighted by molar-refractivity contribution is 5.40. The minimum Gasteiger partial charge on any atom is -0.309 e. The summed E-state index contributed by atoms with van der Waals surface area (Å²) in [6, 6.07) is 0. The third-order valence-electron chi connectivity index (χ3n) is 3.63.